The van der Waals surface area contributed by atoms with E-state index in [0.29, 0.717) is 13.0 Å². The average Bonchev–Trinajstić information content (AvgIpc) is 2.99. The standard InChI is InChI=1S/C23H30N2O2/c1-23(2,3)18-10-12-19(13-11-18)27-17-7-6-15-25-21-9-5-4-8-20(21)24-22(25)14-16-26/h4-5,8-13,26H,6-7,14-17H2,1-3H3. The number of nitrogens with zero attached hydrogens (tertiary/aromatic N) is 2. The van der Waals surface area contributed by atoms with E-state index in [4.69, 9.17) is 4.74 Å². The van der Waals surface area contributed by atoms with Gasteiger partial charge in [0.05, 0.1) is 24.2 Å². The molecule has 4 heteroatoms. The molecular weight excluding hydrogens is 336 g/mol. The van der Waals surface area contributed by atoms with Crippen molar-refractivity contribution >= 4 is 11.0 Å². The van der Waals surface area contributed by atoms with Gasteiger partial charge in [-0.15, -0.1) is 0 Å². The van der Waals surface area contributed by atoms with E-state index in [1.54, 1.807) is 0 Å². The van der Waals surface area contributed by atoms with Crippen molar-refractivity contribution < 1.29 is 9.84 Å². The molecule has 0 amide bonds. The summed E-state index contributed by atoms with van der Waals surface area (Å²) in [6.45, 7) is 8.37. The highest BCUT2D eigenvalue weighted by molar-refractivity contribution is 5.75. The summed E-state index contributed by atoms with van der Waals surface area (Å²) >= 11 is 0. The van der Waals surface area contributed by atoms with Gasteiger partial charge in [0, 0.05) is 13.0 Å². The largest absolute Gasteiger partial charge is 0.494 e. The van der Waals surface area contributed by atoms with Gasteiger partial charge in [0.2, 0.25) is 0 Å². The zero-order valence-electron chi connectivity index (χ0n) is 16.6. The highest BCUT2D eigenvalue weighted by Gasteiger charge is 2.13. The molecule has 1 heterocycles. The molecule has 1 N–H and O–H groups in total. The van der Waals surface area contributed by atoms with Gasteiger partial charge in [-0.2, -0.15) is 0 Å². The topological polar surface area (TPSA) is 47.3 Å². The number of rotatable bonds is 8. The van der Waals surface area contributed by atoms with Gasteiger partial charge in [0.25, 0.3) is 0 Å². The van der Waals surface area contributed by atoms with Crippen molar-refractivity contribution in [2.24, 2.45) is 0 Å². The first-order chi connectivity index (χ1) is 13.0. The number of fused-ring (bicyclic) bond motifs is 1. The smallest absolute Gasteiger partial charge is 0.119 e. The third kappa shape index (κ3) is 4.89. The van der Waals surface area contributed by atoms with Crippen molar-refractivity contribution in [3.05, 3.63) is 59.9 Å². The van der Waals surface area contributed by atoms with Crippen LogP contribution in [0.15, 0.2) is 48.5 Å². The van der Waals surface area contributed by atoms with Crippen LogP contribution in [0.1, 0.15) is 45.0 Å². The van der Waals surface area contributed by atoms with Crippen molar-refractivity contribution in [2.45, 2.75) is 52.0 Å². The normalized spacial score (nSPS) is 11.9. The molecule has 27 heavy (non-hydrogen) atoms. The average molecular weight is 367 g/mol. The molecule has 0 saturated heterocycles. The number of aryl methyl sites for hydroxylation is 1. The van der Waals surface area contributed by atoms with Crippen LogP contribution in [-0.4, -0.2) is 27.9 Å². The summed E-state index contributed by atoms with van der Waals surface area (Å²) < 4.78 is 8.12. The Morgan fingerprint density at radius 2 is 1.74 bits per heavy atom. The second-order valence-corrected chi connectivity index (χ2v) is 7.97. The van der Waals surface area contributed by atoms with Crippen LogP contribution in [0.3, 0.4) is 0 Å². The Labute approximate surface area is 161 Å². The maximum absolute atomic E-state index is 9.30. The molecule has 0 aliphatic carbocycles. The van der Waals surface area contributed by atoms with E-state index in [1.807, 2.05) is 18.2 Å². The van der Waals surface area contributed by atoms with Gasteiger partial charge in [-0.25, -0.2) is 4.98 Å². The van der Waals surface area contributed by atoms with E-state index >= 15 is 0 Å². The maximum atomic E-state index is 9.30. The van der Waals surface area contributed by atoms with Crippen molar-refractivity contribution in [3.8, 4) is 5.75 Å². The van der Waals surface area contributed by atoms with Crippen LogP contribution in [-0.2, 0) is 18.4 Å². The SMILES string of the molecule is CC(C)(C)c1ccc(OCCCCn2c(CCO)nc3ccccc32)cc1. The number of hydrogen-bond donors (Lipinski definition) is 1. The molecule has 0 aliphatic rings. The van der Waals surface area contributed by atoms with Crippen molar-refractivity contribution in [2.75, 3.05) is 13.2 Å². The zero-order valence-corrected chi connectivity index (χ0v) is 16.6. The lowest BCUT2D eigenvalue weighted by Crippen LogP contribution is -2.10. The number of imidazole rings is 1. The zero-order chi connectivity index (χ0) is 19.3. The minimum atomic E-state index is 0.122. The quantitative estimate of drug-likeness (QED) is 0.586. The maximum Gasteiger partial charge on any atom is 0.119 e. The molecule has 0 saturated carbocycles. The monoisotopic (exact) mass is 366 g/mol. The Morgan fingerprint density at radius 3 is 2.44 bits per heavy atom. The van der Waals surface area contributed by atoms with Crippen LogP contribution in [0, 0.1) is 0 Å². The Morgan fingerprint density at radius 1 is 1.00 bits per heavy atom. The number of para-hydroxylation sites is 2. The summed E-state index contributed by atoms with van der Waals surface area (Å²) in [7, 11) is 0. The molecule has 0 bridgehead atoms. The fraction of sp³-hybridized carbons (Fsp3) is 0.435. The highest BCUT2D eigenvalue weighted by atomic mass is 16.5. The number of benzene rings is 2. The predicted octanol–water partition coefficient (Wildman–Crippen LogP) is 4.73. The number of unbranched alkanes of at least 4 members (excludes halogenated alkanes) is 1. The van der Waals surface area contributed by atoms with Gasteiger partial charge in [-0.1, -0.05) is 45.0 Å². The molecule has 4 nitrogen and oxygen atoms in total. The first kappa shape index (κ1) is 19.4. The minimum absolute atomic E-state index is 0.122. The van der Waals surface area contributed by atoms with Gasteiger partial charge in [0.15, 0.2) is 0 Å². The summed E-state index contributed by atoms with van der Waals surface area (Å²) in [4.78, 5) is 4.65. The lowest BCUT2D eigenvalue weighted by Gasteiger charge is -2.19. The Balaban J connectivity index is 1.52. The lowest BCUT2D eigenvalue weighted by atomic mass is 9.87. The fourth-order valence-corrected chi connectivity index (χ4v) is 3.28. The van der Waals surface area contributed by atoms with Gasteiger partial charge < -0.3 is 14.4 Å². The molecule has 2 aromatic carbocycles. The first-order valence-electron chi connectivity index (χ1n) is 9.77. The van der Waals surface area contributed by atoms with Crippen LogP contribution < -0.4 is 4.74 Å². The Kier molecular flexibility index (Phi) is 6.17. The first-order valence-corrected chi connectivity index (χ1v) is 9.77. The predicted molar refractivity (Wildman–Crippen MR) is 110 cm³/mol. The molecule has 3 aromatic rings. The summed E-state index contributed by atoms with van der Waals surface area (Å²) in [6, 6.07) is 16.6. The summed E-state index contributed by atoms with van der Waals surface area (Å²) in [6.07, 6.45) is 2.58. The van der Waals surface area contributed by atoms with Crippen molar-refractivity contribution in [1.29, 1.82) is 0 Å². The van der Waals surface area contributed by atoms with Crippen molar-refractivity contribution in [3.63, 3.8) is 0 Å². The number of aromatic nitrogens is 2. The lowest BCUT2D eigenvalue weighted by molar-refractivity contribution is 0.292. The van der Waals surface area contributed by atoms with E-state index in [0.717, 1.165) is 42.0 Å². The third-order valence-corrected chi connectivity index (χ3v) is 4.83. The molecule has 0 atom stereocenters. The summed E-state index contributed by atoms with van der Waals surface area (Å²) in [5, 5.41) is 9.30. The molecule has 0 fully saturated rings. The minimum Gasteiger partial charge on any atom is -0.494 e. The van der Waals surface area contributed by atoms with Crippen LogP contribution >= 0.6 is 0 Å². The second-order valence-electron chi connectivity index (χ2n) is 7.97. The van der Waals surface area contributed by atoms with E-state index in [2.05, 4.69) is 60.7 Å². The van der Waals surface area contributed by atoms with Gasteiger partial charge in [-0.3, -0.25) is 0 Å². The molecule has 3 rings (SSSR count). The number of aliphatic hydroxyl groups excluding tert-OH is 1. The highest BCUT2D eigenvalue weighted by Crippen LogP contribution is 2.24. The van der Waals surface area contributed by atoms with Gasteiger partial charge in [0.1, 0.15) is 11.6 Å². The summed E-state index contributed by atoms with van der Waals surface area (Å²) in [5.74, 6) is 1.88. The molecule has 0 spiro atoms. The molecule has 0 unspecified atom stereocenters. The van der Waals surface area contributed by atoms with Crippen LogP contribution in [0.2, 0.25) is 0 Å². The fourth-order valence-electron chi connectivity index (χ4n) is 3.28. The third-order valence-electron chi connectivity index (χ3n) is 4.83. The molecule has 1 aromatic heterocycles. The number of aliphatic hydroxyl groups is 1. The van der Waals surface area contributed by atoms with E-state index in [1.165, 1.54) is 5.56 Å². The molecular formula is C23H30N2O2. The second kappa shape index (κ2) is 8.57. The van der Waals surface area contributed by atoms with E-state index in [-0.39, 0.29) is 12.0 Å². The van der Waals surface area contributed by atoms with E-state index < -0.39 is 0 Å². The molecule has 0 radical (unpaired) electrons. The Hall–Kier alpha value is -2.33. The number of ether oxygens (including phenoxy) is 1. The van der Waals surface area contributed by atoms with Crippen LogP contribution in [0.5, 0.6) is 5.75 Å². The number of hydrogen-bond acceptors (Lipinski definition) is 3. The van der Waals surface area contributed by atoms with Crippen molar-refractivity contribution in [1.82, 2.24) is 9.55 Å². The van der Waals surface area contributed by atoms with Crippen LogP contribution in [0.4, 0.5) is 0 Å². The van der Waals surface area contributed by atoms with Gasteiger partial charge in [-0.05, 0) is 48.1 Å². The molecule has 144 valence electrons. The molecule has 0 aliphatic heterocycles. The van der Waals surface area contributed by atoms with Crippen LogP contribution in [0.25, 0.3) is 11.0 Å². The Bertz CT molecular complexity index is 860. The van der Waals surface area contributed by atoms with Gasteiger partial charge >= 0.3 is 0 Å². The van der Waals surface area contributed by atoms with E-state index in [9.17, 15) is 5.11 Å². The summed E-state index contributed by atoms with van der Waals surface area (Å²) in [5.41, 5.74) is 3.62.